The first-order valence-electron chi connectivity index (χ1n) is 20.8. The predicted octanol–water partition coefficient (Wildman–Crippen LogP) is 11.6. The molecule has 0 saturated carbocycles. The van der Waals surface area contributed by atoms with E-state index < -0.39 is 0 Å². The Hall–Kier alpha value is -5.46. The zero-order chi connectivity index (χ0) is 39.7. The highest BCUT2D eigenvalue weighted by Gasteiger charge is 2.45. The van der Waals surface area contributed by atoms with Gasteiger partial charge in [0.1, 0.15) is 6.54 Å². The Bertz CT molecular complexity index is 2520. The molecule has 5 nitrogen and oxygen atoms in total. The van der Waals surface area contributed by atoms with Crippen molar-refractivity contribution in [1.29, 1.82) is 0 Å². The fourth-order valence-corrected chi connectivity index (χ4v) is 9.88. The molecule has 3 N–H and O–H groups in total. The molecule has 0 spiro atoms. The van der Waals surface area contributed by atoms with Crippen LogP contribution >= 0.6 is 12.2 Å². The van der Waals surface area contributed by atoms with Gasteiger partial charge in [-0.05, 0) is 128 Å². The number of likely N-dealkylation sites (N-methyl/N-ethyl adjacent to an activating group) is 1. The van der Waals surface area contributed by atoms with Crippen molar-refractivity contribution < 1.29 is 4.58 Å². The Kier molecular flexibility index (Phi) is 10.7. The first kappa shape index (κ1) is 38.4. The second-order valence-electron chi connectivity index (χ2n) is 16.5. The van der Waals surface area contributed by atoms with E-state index in [1.165, 1.54) is 72.3 Å². The smallest absolute Gasteiger partial charge is 0.210 e. The molecule has 3 aliphatic rings. The number of hydrogen-bond donors (Lipinski definition) is 3. The maximum Gasteiger partial charge on any atom is 0.210 e. The van der Waals surface area contributed by atoms with E-state index in [0.29, 0.717) is 11.7 Å². The second kappa shape index (κ2) is 15.8. The molecule has 6 heteroatoms. The van der Waals surface area contributed by atoms with Gasteiger partial charge in [-0.15, -0.1) is 0 Å². The molecule has 0 saturated heterocycles. The Morgan fingerprint density at radius 1 is 0.737 bits per heavy atom. The summed E-state index contributed by atoms with van der Waals surface area (Å²) in [6.45, 7) is 17.4. The molecule has 57 heavy (non-hydrogen) atoms. The summed E-state index contributed by atoms with van der Waals surface area (Å²) >= 11 is 5.66. The van der Waals surface area contributed by atoms with Crippen LogP contribution in [0.3, 0.4) is 0 Å². The van der Waals surface area contributed by atoms with Gasteiger partial charge < -0.3 is 20.9 Å². The zero-order valence-corrected chi connectivity index (χ0v) is 35.2. The van der Waals surface area contributed by atoms with Gasteiger partial charge in [0, 0.05) is 65.5 Å². The molecule has 0 radical (unpaired) electrons. The minimum Gasteiger partial charge on any atom is -0.383 e. The number of thiocarbonyl (C=S) groups is 1. The first-order chi connectivity index (χ1) is 27.6. The fourth-order valence-electron chi connectivity index (χ4n) is 9.66. The number of benzene rings is 5. The van der Waals surface area contributed by atoms with Crippen molar-refractivity contribution in [2.75, 3.05) is 36.4 Å². The van der Waals surface area contributed by atoms with E-state index in [9.17, 15) is 0 Å². The lowest BCUT2D eigenvalue weighted by Crippen LogP contribution is -2.35. The van der Waals surface area contributed by atoms with Crippen LogP contribution in [0.4, 0.5) is 17.1 Å². The highest BCUT2D eigenvalue weighted by atomic mass is 32.1. The summed E-state index contributed by atoms with van der Waals surface area (Å²) in [6, 6.07) is 36.9. The van der Waals surface area contributed by atoms with Crippen LogP contribution in [0.25, 0.3) is 21.5 Å². The quantitative estimate of drug-likeness (QED) is 0.0750. The minimum atomic E-state index is -0.142. The monoisotopic (exact) mass is 770 g/mol. The van der Waals surface area contributed by atoms with E-state index in [2.05, 4.69) is 164 Å². The Morgan fingerprint density at radius 3 is 2.14 bits per heavy atom. The summed E-state index contributed by atoms with van der Waals surface area (Å²) < 4.78 is 2.52. The van der Waals surface area contributed by atoms with Gasteiger partial charge in [-0.25, -0.2) is 0 Å². The average Bonchev–Trinajstić information content (AvgIpc) is 3.59. The molecule has 0 atom stereocenters. The third kappa shape index (κ3) is 7.10. The van der Waals surface area contributed by atoms with E-state index in [1.807, 2.05) is 30.3 Å². The number of hydrogen-bond acceptors (Lipinski definition) is 3. The third-order valence-electron chi connectivity index (χ3n) is 12.3. The predicted molar refractivity (Wildman–Crippen MR) is 247 cm³/mol. The second-order valence-corrected chi connectivity index (χ2v) is 16.9. The lowest BCUT2D eigenvalue weighted by molar-refractivity contribution is -0.433. The Balaban J connectivity index is 1.14. The molecular formula is C51H56N5S+. The van der Waals surface area contributed by atoms with Crippen LogP contribution in [-0.4, -0.2) is 41.6 Å². The molecule has 8 rings (SSSR count). The van der Waals surface area contributed by atoms with Crippen LogP contribution in [0, 0.1) is 0 Å². The summed E-state index contributed by atoms with van der Waals surface area (Å²) in [7, 11) is 0. The van der Waals surface area contributed by atoms with Crippen LogP contribution in [-0.2, 0) is 10.8 Å². The van der Waals surface area contributed by atoms with Gasteiger partial charge in [0.2, 0.25) is 5.69 Å². The summed E-state index contributed by atoms with van der Waals surface area (Å²) in [5.41, 5.74) is 12.8. The van der Waals surface area contributed by atoms with Gasteiger partial charge in [0.25, 0.3) is 0 Å². The summed E-state index contributed by atoms with van der Waals surface area (Å²) in [5.74, 6) is 0. The van der Waals surface area contributed by atoms with Crippen LogP contribution < -0.4 is 20.9 Å². The number of nitrogens with one attached hydrogen (secondary N) is 3. The third-order valence-corrected chi connectivity index (χ3v) is 12.6. The van der Waals surface area contributed by atoms with Crippen LogP contribution in [0.1, 0.15) is 71.9 Å². The SMILES string of the molecule is CCN1C(=CC=C2CCCC(C=CC3=[N+](CC)c4ccc5ccccc5c4C3(C)C)=C2NCCNC(=S)Nc2ccccc2)C(C)(C)c2c1ccc1ccccc21. The molecule has 0 aromatic heterocycles. The molecule has 2 heterocycles. The van der Waals surface area contributed by atoms with Crippen molar-refractivity contribution in [1.82, 2.24) is 10.6 Å². The Morgan fingerprint density at radius 2 is 1.42 bits per heavy atom. The van der Waals surface area contributed by atoms with Crippen molar-refractivity contribution in [3.8, 4) is 0 Å². The fraction of sp³-hybridized carbons (Fsp3) is 0.294. The lowest BCUT2D eigenvalue weighted by Gasteiger charge is -2.27. The van der Waals surface area contributed by atoms with Crippen molar-refractivity contribution in [2.45, 2.75) is 71.6 Å². The number of nitrogens with zero attached hydrogens (tertiary/aromatic N) is 2. The maximum absolute atomic E-state index is 5.66. The topological polar surface area (TPSA) is 42.3 Å². The Labute approximate surface area is 344 Å². The van der Waals surface area contributed by atoms with Crippen LogP contribution in [0.15, 0.2) is 150 Å². The normalized spacial score (nSPS) is 18.6. The molecule has 2 aliphatic heterocycles. The summed E-state index contributed by atoms with van der Waals surface area (Å²) in [5, 5.41) is 16.6. The van der Waals surface area contributed by atoms with Crippen molar-refractivity contribution in [2.24, 2.45) is 0 Å². The highest BCUT2D eigenvalue weighted by Crippen LogP contribution is 2.51. The molecular weight excluding hydrogens is 715 g/mol. The lowest BCUT2D eigenvalue weighted by atomic mass is 9.78. The number of anilines is 2. The van der Waals surface area contributed by atoms with Gasteiger partial charge in [-0.2, -0.15) is 4.58 Å². The largest absolute Gasteiger partial charge is 0.383 e. The number of allylic oxidation sites excluding steroid dienone is 7. The highest BCUT2D eigenvalue weighted by molar-refractivity contribution is 7.80. The average molecular weight is 771 g/mol. The van der Waals surface area contributed by atoms with Gasteiger partial charge in [0.15, 0.2) is 10.8 Å². The van der Waals surface area contributed by atoms with E-state index in [4.69, 9.17) is 12.2 Å². The van der Waals surface area contributed by atoms with Crippen molar-refractivity contribution >= 4 is 61.6 Å². The molecule has 5 aromatic carbocycles. The number of fused-ring (bicyclic) bond motifs is 6. The summed E-state index contributed by atoms with van der Waals surface area (Å²) in [6.07, 6.45) is 12.8. The van der Waals surface area contributed by atoms with Gasteiger partial charge >= 0.3 is 0 Å². The van der Waals surface area contributed by atoms with Gasteiger partial charge in [-0.1, -0.05) is 98.8 Å². The van der Waals surface area contributed by atoms with Crippen molar-refractivity contribution in [3.63, 3.8) is 0 Å². The van der Waals surface area contributed by atoms with Crippen LogP contribution in [0.2, 0.25) is 0 Å². The molecule has 0 fully saturated rings. The van der Waals surface area contributed by atoms with Gasteiger partial charge in [0.05, 0.1) is 5.41 Å². The van der Waals surface area contributed by atoms with E-state index in [-0.39, 0.29) is 10.8 Å². The molecule has 0 amide bonds. The van der Waals surface area contributed by atoms with Crippen LogP contribution in [0.5, 0.6) is 0 Å². The number of rotatable bonds is 10. The minimum absolute atomic E-state index is 0.142. The van der Waals surface area contributed by atoms with E-state index >= 15 is 0 Å². The standard InChI is InChI=1S/C51H55N5S/c1-7-55-42-29-25-35-17-12-14-23-40(35)46(42)50(3,4)44(55)31-27-37-19-16-20-38(48(37)52-33-34-53-49(57)54-39-21-10-9-11-22-39)28-32-45-51(5,6)47-41-24-15-13-18-36(41)26-30-43(47)56(45)8-2/h9-15,17-18,21-32H,7-8,16,19-20,33-34H2,1-6H3,(H2,53,54,57)/p+1. The zero-order valence-electron chi connectivity index (χ0n) is 34.4. The molecule has 290 valence electrons. The molecule has 0 unspecified atom stereocenters. The van der Waals surface area contributed by atoms with Gasteiger partial charge in [-0.3, -0.25) is 0 Å². The number of para-hydroxylation sites is 1. The van der Waals surface area contributed by atoms with E-state index in [0.717, 1.165) is 44.6 Å². The molecule has 1 aliphatic carbocycles. The molecule has 5 aromatic rings. The van der Waals surface area contributed by atoms with Crippen molar-refractivity contribution in [3.05, 3.63) is 161 Å². The van der Waals surface area contributed by atoms with E-state index in [1.54, 1.807) is 0 Å². The summed E-state index contributed by atoms with van der Waals surface area (Å²) in [4.78, 5) is 2.52. The molecule has 0 bridgehead atoms. The maximum atomic E-state index is 5.66. The first-order valence-corrected chi connectivity index (χ1v) is 21.2.